The Labute approximate surface area is 169 Å². The van der Waals surface area contributed by atoms with Gasteiger partial charge in [-0.1, -0.05) is 6.07 Å². The van der Waals surface area contributed by atoms with Crippen LogP contribution in [-0.4, -0.2) is 44.5 Å². The number of nitrogens with one attached hydrogen (secondary N) is 3. The summed E-state index contributed by atoms with van der Waals surface area (Å²) in [5, 5.41) is 7.73. The van der Waals surface area contributed by atoms with E-state index in [0.717, 1.165) is 0 Å². The molecular weight excluding hydrogens is 374 g/mol. The van der Waals surface area contributed by atoms with Gasteiger partial charge in [0.2, 0.25) is 5.91 Å². The van der Waals surface area contributed by atoms with Crippen LogP contribution >= 0.6 is 0 Å². The largest absolute Gasteiger partial charge is 0.490 e. The van der Waals surface area contributed by atoms with Crippen molar-refractivity contribution in [2.45, 2.75) is 13.8 Å². The predicted molar refractivity (Wildman–Crippen MR) is 110 cm³/mol. The van der Waals surface area contributed by atoms with Crippen molar-refractivity contribution in [3.8, 4) is 11.5 Å². The fourth-order valence-corrected chi connectivity index (χ4v) is 2.54. The van der Waals surface area contributed by atoms with Crippen molar-refractivity contribution in [2.24, 2.45) is 0 Å². The Kier molecular flexibility index (Phi) is 8.02. The molecule has 0 saturated heterocycles. The van der Waals surface area contributed by atoms with Crippen LogP contribution in [-0.2, 0) is 4.79 Å². The molecule has 2 aromatic rings. The smallest absolute Gasteiger partial charge is 0.251 e. The van der Waals surface area contributed by atoms with Crippen molar-refractivity contribution in [1.82, 2.24) is 10.6 Å². The Morgan fingerprint density at radius 1 is 0.862 bits per heavy atom. The molecule has 0 aliphatic carbocycles. The zero-order valence-electron chi connectivity index (χ0n) is 16.7. The number of hydrogen-bond donors (Lipinski definition) is 3. The van der Waals surface area contributed by atoms with E-state index in [0.29, 0.717) is 41.5 Å². The van der Waals surface area contributed by atoms with E-state index in [1.54, 1.807) is 42.5 Å². The quantitative estimate of drug-likeness (QED) is 0.600. The van der Waals surface area contributed by atoms with E-state index >= 15 is 0 Å². The summed E-state index contributed by atoms with van der Waals surface area (Å²) in [7, 11) is 1.53. The molecule has 0 saturated carbocycles. The summed E-state index contributed by atoms with van der Waals surface area (Å²) in [4.78, 5) is 36.2. The molecule has 0 aromatic heterocycles. The van der Waals surface area contributed by atoms with Gasteiger partial charge >= 0.3 is 0 Å². The number of amides is 3. The third-order valence-electron chi connectivity index (χ3n) is 3.85. The van der Waals surface area contributed by atoms with Crippen LogP contribution in [0.2, 0.25) is 0 Å². The van der Waals surface area contributed by atoms with E-state index in [2.05, 4.69) is 16.0 Å². The average Bonchev–Trinajstić information content (AvgIpc) is 2.73. The topological polar surface area (TPSA) is 106 Å². The molecule has 0 unspecified atom stereocenters. The lowest BCUT2D eigenvalue weighted by Gasteiger charge is -2.12. The molecule has 0 fully saturated rings. The molecule has 0 aliphatic heterocycles. The summed E-state index contributed by atoms with van der Waals surface area (Å²) >= 11 is 0. The Morgan fingerprint density at radius 2 is 1.55 bits per heavy atom. The highest BCUT2D eigenvalue weighted by Crippen LogP contribution is 2.28. The van der Waals surface area contributed by atoms with Crippen molar-refractivity contribution in [2.75, 3.05) is 32.1 Å². The molecule has 0 bridgehead atoms. The third kappa shape index (κ3) is 6.24. The van der Waals surface area contributed by atoms with E-state index in [1.165, 1.54) is 7.05 Å². The minimum Gasteiger partial charge on any atom is -0.490 e. The second kappa shape index (κ2) is 10.7. The van der Waals surface area contributed by atoms with E-state index in [9.17, 15) is 14.4 Å². The van der Waals surface area contributed by atoms with E-state index in [4.69, 9.17) is 9.47 Å². The SMILES string of the molecule is CCOc1ccc(C(=O)NCC(=O)Nc2cccc(C(=O)NC)c2)cc1OCC. The maximum Gasteiger partial charge on any atom is 0.251 e. The molecule has 0 atom stereocenters. The lowest BCUT2D eigenvalue weighted by atomic mass is 10.2. The Morgan fingerprint density at radius 3 is 2.24 bits per heavy atom. The highest BCUT2D eigenvalue weighted by atomic mass is 16.5. The molecule has 3 N–H and O–H groups in total. The Balaban J connectivity index is 1.97. The first-order valence-electron chi connectivity index (χ1n) is 9.28. The van der Waals surface area contributed by atoms with Gasteiger partial charge in [-0.25, -0.2) is 0 Å². The molecule has 3 amide bonds. The van der Waals surface area contributed by atoms with Crippen LogP contribution in [0.25, 0.3) is 0 Å². The zero-order valence-corrected chi connectivity index (χ0v) is 16.7. The van der Waals surface area contributed by atoms with Gasteiger partial charge in [0.05, 0.1) is 19.8 Å². The maximum absolute atomic E-state index is 12.4. The zero-order chi connectivity index (χ0) is 21.2. The van der Waals surface area contributed by atoms with Gasteiger partial charge in [-0.15, -0.1) is 0 Å². The van der Waals surface area contributed by atoms with Gasteiger partial charge in [-0.2, -0.15) is 0 Å². The van der Waals surface area contributed by atoms with Crippen LogP contribution in [0.15, 0.2) is 42.5 Å². The molecule has 8 heteroatoms. The molecule has 154 valence electrons. The summed E-state index contributed by atoms with van der Waals surface area (Å²) in [5.74, 6) is -0.0567. The molecular formula is C21H25N3O5. The summed E-state index contributed by atoms with van der Waals surface area (Å²) in [5.41, 5.74) is 1.24. The van der Waals surface area contributed by atoms with Crippen LogP contribution in [0.3, 0.4) is 0 Å². The van der Waals surface area contributed by atoms with Gasteiger partial charge in [0.1, 0.15) is 0 Å². The highest BCUT2D eigenvalue weighted by Gasteiger charge is 2.13. The second-order valence-electron chi connectivity index (χ2n) is 5.92. The first kappa shape index (κ1) is 21.7. The molecule has 0 spiro atoms. The minimum atomic E-state index is -0.414. The van der Waals surface area contributed by atoms with Gasteiger partial charge < -0.3 is 25.4 Å². The van der Waals surface area contributed by atoms with Crippen molar-refractivity contribution in [3.63, 3.8) is 0 Å². The van der Waals surface area contributed by atoms with E-state index in [-0.39, 0.29) is 12.5 Å². The average molecular weight is 399 g/mol. The number of carbonyl (C=O) groups excluding carboxylic acids is 3. The first-order chi connectivity index (χ1) is 14.0. The van der Waals surface area contributed by atoms with Crippen LogP contribution in [0.5, 0.6) is 11.5 Å². The van der Waals surface area contributed by atoms with E-state index < -0.39 is 11.8 Å². The van der Waals surface area contributed by atoms with Gasteiger partial charge in [0.25, 0.3) is 11.8 Å². The normalized spacial score (nSPS) is 10.0. The lowest BCUT2D eigenvalue weighted by molar-refractivity contribution is -0.115. The third-order valence-corrected chi connectivity index (χ3v) is 3.85. The summed E-state index contributed by atoms with van der Waals surface area (Å²) in [6, 6.07) is 11.4. The fourth-order valence-electron chi connectivity index (χ4n) is 2.54. The predicted octanol–water partition coefficient (Wildman–Crippen LogP) is 2.21. The number of anilines is 1. The van der Waals surface area contributed by atoms with E-state index in [1.807, 2.05) is 13.8 Å². The Hall–Kier alpha value is -3.55. The number of benzene rings is 2. The molecule has 8 nitrogen and oxygen atoms in total. The number of carbonyl (C=O) groups is 3. The highest BCUT2D eigenvalue weighted by molar-refractivity contribution is 6.00. The molecule has 2 aromatic carbocycles. The molecule has 0 heterocycles. The van der Waals surface area contributed by atoms with Crippen LogP contribution < -0.4 is 25.4 Å². The Bertz CT molecular complexity index is 882. The van der Waals surface area contributed by atoms with Crippen molar-refractivity contribution in [3.05, 3.63) is 53.6 Å². The minimum absolute atomic E-state index is 0.222. The van der Waals surface area contributed by atoms with Crippen LogP contribution in [0, 0.1) is 0 Å². The van der Waals surface area contributed by atoms with Crippen molar-refractivity contribution >= 4 is 23.4 Å². The molecule has 0 aliphatic rings. The molecule has 0 radical (unpaired) electrons. The van der Waals surface area contributed by atoms with Gasteiger partial charge in [0.15, 0.2) is 11.5 Å². The number of ether oxygens (including phenoxy) is 2. The first-order valence-corrected chi connectivity index (χ1v) is 9.28. The molecule has 2 rings (SSSR count). The maximum atomic E-state index is 12.4. The fraction of sp³-hybridized carbons (Fsp3) is 0.286. The number of hydrogen-bond acceptors (Lipinski definition) is 5. The van der Waals surface area contributed by atoms with Crippen LogP contribution in [0.4, 0.5) is 5.69 Å². The monoisotopic (exact) mass is 399 g/mol. The summed E-state index contributed by atoms with van der Waals surface area (Å²) in [6.45, 7) is 4.39. The van der Waals surface area contributed by atoms with Crippen molar-refractivity contribution in [1.29, 1.82) is 0 Å². The molecule has 29 heavy (non-hydrogen) atoms. The lowest BCUT2D eigenvalue weighted by Crippen LogP contribution is -2.33. The van der Waals surface area contributed by atoms with Gasteiger partial charge in [-0.05, 0) is 50.2 Å². The van der Waals surface area contributed by atoms with Gasteiger partial charge in [0, 0.05) is 23.9 Å². The van der Waals surface area contributed by atoms with Crippen LogP contribution in [0.1, 0.15) is 34.6 Å². The number of rotatable bonds is 9. The van der Waals surface area contributed by atoms with Gasteiger partial charge in [-0.3, -0.25) is 14.4 Å². The van der Waals surface area contributed by atoms with Crippen molar-refractivity contribution < 1.29 is 23.9 Å². The summed E-state index contributed by atoms with van der Waals surface area (Å²) < 4.78 is 11.0. The standard InChI is InChI=1S/C21H25N3O5/c1-4-28-17-10-9-15(12-18(17)29-5-2)21(27)23-13-19(25)24-16-8-6-7-14(11-16)20(26)22-3/h6-12H,4-5,13H2,1-3H3,(H,22,26)(H,23,27)(H,24,25). The summed E-state index contributed by atoms with van der Waals surface area (Å²) in [6.07, 6.45) is 0. The second-order valence-corrected chi connectivity index (χ2v) is 5.92.